The van der Waals surface area contributed by atoms with E-state index >= 15 is 0 Å². The van der Waals surface area contributed by atoms with Crippen LogP contribution >= 0.6 is 0 Å². The van der Waals surface area contributed by atoms with Crippen molar-refractivity contribution >= 4 is 0 Å². The van der Waals surface area contributed by atoms with Crippen molar-refractivity contribution in [1.29, 1.82) is 0 Å². The van der Waals surface area contributed by atoms with Crippen LogP contribution in [0.15, 0.2) is 0 Å². The Labute approximate surface area is 68.6 Å². The van der Waals surface area contributed by atoms with Gasteiger partial charge in [0.2, 0.25) is 0 Å². The Bertz CT molecular complexity index is 111. The molecule has 0 saturated carbocycles. The lowest BCUT2D eigenvalue weighted by Crippen LogP contribution is -2.42. The topological polar surface area (TPSA) is 29.5 Å². The predicted octanol–water partition coefficient (Wildman–Crippen LogP) is 1.57. The molecule has 0 spiro atoms. The highest BCUT2D eigenvalue weighted by Crippen LogP contribution is 2.36. The summed E-state index contributed by atoms with van der Waals surface area (Å²) in [7, 11) is 0. The van der Waals surface area contributed by atoms with Crippen LogP contribution in [0.25, 0.3) is 0 Å². The van der Waals surface area contributed by atoms with Crippen molar-refractivity contribution in [3.8, 4) is 0 Å². The molecule has 1 N–H and O–H groups in total. The molecular formula is C9H18O2. The van der Waals surface area contributed by atoms with E-state index in [1.165, 1.54) is 6.42 Å². The van der Waals surface area contributed by atoms with Gasteiger partial charge in [0.15, 0.2) is 0 Å². The molecule has 0 radical (unpaired) electrons. The fraction of sp³-hybridized carbons (Fsp3) is 1.00. The van der Waals surface area contributed by atoms with Crippen LogP contribution in [-0.2, 0) is 4.74 Å². The van der Waals surface area contributed by atoms with Gasteiger partial charge in [-0.2, -0.15) is 0 Å². The molecule has 0 bridgehead atoms. The Morgan fingerprint density at radius 3 is 2.45 bits per heavy atom. The van der Waals surface area contributed by atoms with Crippen LogP contribution in [-0.4, -0.2) is 24.4 Å². The Kier molecular flexibility index (Phi) is 2.90. The molecule has 0 aromatic heterocycles. The van der Waals surface area contributed by atoms with Crippen molar-refractivity contribution in [3.05, 3.63) is 0 Å². The van der Waals surface area contributed by atoms with Gasteiger partial charge >= 0.3 is 0 Å². The van der Waals surface area contributed by atoms with Crippen molar-refractivity contribution in [1.82, 2.24) is 0 Å². The monoisotopic (exact) mass is 158 g/mol. The van der Waals surface area contributed by atoms with Crippen LogP contribution < -0.4 is 0 Å². The van der Waals surface area contributed by atoms with Crippen LogP contribution in [0.4, 0.5) is 0 Å². The van der Waals surface area contributed by atoms with E-state index < -0.39 is 0 Å². The van der Waals surface area contributed by atoms with Crippen molar-refractivity contribution in [2.24, 2.45) is 5.41 Å². The maximum Gasteiger partial charge on any atom is 0.0544 e. The van der Waals surface area contributed by atoms with Gasteiger partial charge in [0.05, 0.1) is 19.3 Å². The number of rotatable bonds is 4. The molecule has 1 aliphatic rings. The SMILES string of the molecule is CCC1(CC[C@H](C)O)COC1. The molecule has 0 aromatic rings. The van der Waals surface area contributed by atoms with Crippen molar-refractivity contribution in [2.75, 3.05) is 13.2 Å². The van der Waals surface area contributed by atoms with E-state index in [0.29, 0.717) is 5.41 Å². The van der Waals surface area contributed by atoms with Gasteiger partial charge in [-0.1, -0.05) is 6.92 Å². The summed E-state index contributed by atoms with van der Waals surface area (Å²) >= 11 is 0. The maximum atomic E-state index is 9.09. The molecule has 0 aliphatic carbocycles. The molecule has 66 valence electrons. The lowest BCUT2D eigenvalue weighted by atomic mass is 9.78. The molecule has 2 nitrogen and oxygen atoms in total. The molecular weight excluding hydrogens is 140 g/mol. The highest BCUT2D eigenvalue weighted by Gasteiger charge is 2.36. The normalized spacial score (nSPS) is 24.3. The zero-order valence-corrected chi connectivity index (χ0v) is 7.47. The summed E-state index contributed by atoms with van der Waals surface area (Å²) in [4.78, 5) is 0. The fourth-order valence-corrected chi connectivity index (χ4v) is 1.43. The van der Waals surface area contributed by atoms with Crippen LogP contribution in [0, 0.1) is 5.41 Å². The summed E-state index contributed by atoms with van der Waals surface area (Å²) in [5.74, 6) is 0. The Morgan fingerprint density at radius 1 is 1.55 bits per heavy atom. The van der Waals surface area contributed by atoms with Crippen LogP contribution in [0.5, 0.6) is 0 Å². The largest absolute Gasteiger partial charge is 0.393 e. The molecule has 0 unspecified atom stereocenters. The molecule has 11 heavy (non-hydrogen) atoms. The zero-order chi connectivity index (χ0) is 8.32. The van der Waals surface area contributed by atoms with Crippen LogP contribution in [0.1, 0.15) is 33.1 Å². The quantitative estimate of drug-likeness (QED) is 0.673. The third kappa shape index (κ3) is 2.17. The highest BCUT2D eigenvalue weighted by molar-refractivity contribution is 4.84. The minimum Gasteiger partial charge on any atom is -0.393 e. The first kappa shape index (κ1) is 9.01. The lowest BCUT2D eigenvalue weighted by Gasteiger charge is -2.41. The molecule has 1 atom stereocenters. The second-order valence-electron chi connectivity index (χ2n) is 3.73. The number of aliphatic hydroxyl groups is 1. The van der Waals surface area contributed by atoms with Crippen LogP contribution in [0.3, 0.4) is 0 Å². The van der Waals surface area contributed by atoms with E-state index in [1.807, 2.05) is 6.92 Å². The molecule has 2 heteroatoms. The van der Waals surface area contributed by atoms with E-state index in [1.54, 1.807) is 0 Å². The average Bonchev–Trinajstić information content (AvgIpc) is 1.86. The van der Waals surface area contributed by atoms with Crippen molar-refractivity contribution in [2.45, 2.75) is 39.2 Å². The first-order valence-corrected chi connectivity index (χ1v) is 4.44. The average molecular weight is 158 g/mol. The van der Waals surface area contributed by atoms with E-state index in [-0.39, 0.29) is 6.10 Å². The lowest BCUT2D eigenvalue weighted by molar-refractivity contribution is -0.123. The minimum absolute atomic E-state index is 0.154. The molecule has 1 rings (SSSR count). The Hall–Kier alpha value is -0.0800. The standard InChI is InChI=1S/C9H18O2/c1-3-9(6-11-7-9)5-4-8(2)10/h8,10H,3-7H2,1-2H3/t8-/m0/s1. The van der Waals surface area contributed by atoms with Gasteiger partial charge in [0.25, 0.3) is 0 Å². The summed E-state index contributed by atoms with van der Waals surface area (Å²) in [5, 5.41) is 9.09. The second kappa shape index (κ2) is 3.55. The molecule has 1 saturated heterocycles. The van der Waals surface area contributed by atoms with Crippen LogP contribution in [0.2, 0.25) is 0 Å². The number of hydrogen-bond acceptors (Lipinski definition) is 2. The van der Waals surface area contributed by atoms with Gasteiger partial charge in [-0.3, -0.25) is 0 Å². The van der Waals surface area contributed by atoms with E-state index in [9.17, 15) is 0 Å². The summed E-state index contributed by atoms with van der Waals surface area (Å²) in [5.41, 5.74) is 0.414. The number of ether oxygens (including phenoxy) is 1. The molecule has 1 fully saturated rings. The Morgan fingerprint density at radius 2 is 2.18 bits per heavy atom. The summed E-state index contributed by atoms with van der Waals surface area (Å²) in [6.45, 7) is 5.85. The Balaban J connectivity index is 2.22. The van der Waals surface area contributed by atoms with Gasteiger partial charge in [-0.05, 0) is 26.2 Å². The minimum atomic E-state index is -0.154. The van der Waals surface area contributed by atoms with E-state index in [4.69, 9.17) is 9.84 Å². The third-order valence-corrected chi connectivity index (χ3v) is 2.66. The zero-order valence-electron chi connectivity index (χ0n) is 7.47. The summed E-state index contributed by atoms with van der Waals surface area (Å²) in [6, 6.07) is 0. The van der Waals surface area contributed by atoms with Crippen molar-refractivity contribution < 1.29 is 9.84 Å². The third-order valence-electron chi connectivity index (χ3n) is 2.66. The number of hydrogen-bond donors (Lipinski definition) is 1. The molecule has 1 aliphatic heterocycles. The van der Waals surface area contributed by atoms with E-state index in [0.717, 1.165) is 26.1 Å². The number of aliphatic hydroxyl groups excluding tert-OH is 1. The van der Waals surface area contributed by atoms with Crippen molar-refractivity contribution in [3.63, 3.8) is 0 Å². The van der Waals surface area contributed by atoms with Gasteiger partial charge in [0, 0.05) is 5.41 Å². The smallest absolute Gasteiger partial charge is 0.0544 e. The summed E-state index contributed by atoms with van der Waals surface area (Å²) < 4.78 is 5.18. The maximum absolute atomic E-state index is 9.09. The van der Waals surface area contributed by atoms with Gasteiger partial charge in [0.1, 0.15) is 0 Å². The first-order chi connectivity index (χ1) is 5.18. The van der Waals surface area contributed by atoms with Gasteiger partial charge in [-0.15, -0.1) is 0 Å². The second-order valence-corrected chi connectivity index (χ2v) is 3.73. The summed E-state index contributed by atoms with van der Waals surface area (Å²) in [6.07, 6.45) is 3.05. The molecule has 0 amide bonds. The van der Waals surface area contributed by atoms with E-state index in [2.05, 4.69) is 6.92 Å². The predicted molar refractivity (Wildman–Crippen MR) is 44.5 cm³/mol. The molecule has 1 heterocycles. The highest BCUT2D eigenvalue weighted by atomic mass is 16.5. The first-order valence-electron chi connectivity index (χ1n) is 4.44. The fourth-order valence-electron chi connectivity index (χ4n) is 1.43. The van der Waals surface area contributed by atoms with Gasteiger partial charge in [-0.25, -0.2) is 0 Å². The van der Waals surface area contributed by atoms with Gasteiger partial charge < -0.3 is 9.84 Å². The molecule has 0 aromatic carbocycles.